The Labute approximate surface area is 262 Å². The van der Waals surface area contributed by atoms with Gasteiger partial charge in [0.15, 0.2) is 16.6 Å². The van der Waals surface area contributed by atoms with Gasteiger partial charge in [-0.15, -0.1) is 0 Å². The van der Waals surface area contributed by atoms with Gasteiger partial charge in [-0.1, -0.05) is 54.7 Å². The second kappa shape index (κ2) is 12.8. The number of nitrogens with zero attached hydrogens (tertiary/aromatic N) is 2. The number of ether oxygens (including phenoxy) is 3. The van der Waals surface area contributed by atoms with Crippen LogP contribution in [-0.2, 0) is 16.2 Å². The number of ketones is 1. The molecule has 1 fully saturated rings. The summed E-state index contributed by atoms with van der Waals surface area (Å²) < 4.78 is 31.9. The number of aromatic nitrogens is 1. The van der Waals surface area contributed by atoms with Gasteiger partial charge in [0.05, 0.1) is 35.5 Å². The molecule has 0 saturated carbocycles. The standard InChI is InChI=1S/C35H29FN2O6S/c1-3-17-43-25-13-9-22(10-14-25)32(39)30-31(23-11-16-27(28(18-23)42-2)44-20-21-7-5-4-6-8-21)38(34(41)33(30)40)35-37-26-15-12-24(36)19-29(26)45-35/h4-16,18-19,31,39H,3,17,20H2,1-2H3. The monoisotopic (exact) mass is 624 g/mol. The van der Waals surface area contributed by atoms with E-state index < -0.39 is 23.5 Å². The van der Waals surface area contributed by atoms with Crippen LogP contribution in [0.5, 0.6) is 17.2 Å². The van der Waals surface area contributed by atoms with Crippen molar-refractivity contribution in [3.8, 4) is 17.2 Å². The van der Waals surface area contributed by atoms with Crippen LogP contribution in [0.4, 0.5) is 9.52 Å². The van der Waals surface area contributed by atoms with E-state index in [0.29, 0.717) is 51.8 Å². The van der Waals surface area contributed by atoms with Crippen LogP contribution in [0, 0.1) is 5.82 Å². The third-order valence-corrected chi connectivity index (χ3v) is 8.35. The summed E-state index contributed by atoms with van der Waals surface area (Å²) >= 11 is 1.08. The number of anilines is 1. The number of halogens is 1. The number of benzene rings is 4. The Morgan fingerprint density at radius 1 is 0.956 bits per heavy atom. The van der Waals surface area contributed by atoms with Crippen molar-refractivity contribution in [3.63, 3.8) is 0 Å². The Morgan fingerprint density at radius 2 is 1.73 bits per heavy atom. The zero-order valence-corrected chi connectivity index (χ0v) is 25.3. The number of carbonyl (C=O) groups is 2. The lowest BCUT2D eigenvalue weighted by Crippen LogP contribution is -2.29. The summed E-state index contributed by atoms with van der Waals surface area (Å²) in [6, 6.07) is 24.4. The lowest BCUT2D eigenvalue weighted by molar-refractivity contribution is -0.132. The van der Waals surface area contributed by atoms with Crippen LogP contribution in [0.2, 0.25) is 0 Å². The van der Waals surface area contributed by atoms with Gasteiger partial charge in [-0.05, 0) is 72.1 Å². The van der Waals surface area contributed by atoms with Crippen molar-refractivity contribution < 1.29 is 33.3 Å². The van der Waals surface area contributed by atoms with Crippen molar-refractivity contribution in [1.82, 2.24) is 4.98 Å². The fourth-order valence-corrected chi connectivity index (χ4v) is 6.14. The lowest BCUT2D eigenvalue weighted by Gasteiger charge is -2.24. The highest BCUT2D eigenvalue weighted by molar-refractivity contribution is 7.22. The van der Waals surface area contributed by atoms with E-state index in [1.165, 1.54) is 30.2 Å². The number of hydrogen-bond donors (Lipinski definition) is 1. The summed E-state index contributed by atoms with van der Waals surface area (Å²) in [4.78, 5) is 33.2. The van der Waals surface area contributed by atoms with Crippen molar-refractivity contribution in [2.75, 3.05) is 18.6 Å². The van der Waals surface area contributed by atoms with E-state index in [1.54, 1.807) is 42.5 Å². The fourth-order valence-electron chi connectivity index (χ4n) is 5.13. The van der Waals surface area contributed by atoms with Crippen LogP contribution in [0.3, 0.4) is 0 Å². The van der Waals surface area contributed by atoms with Crippen LogP contribution in [0.1, 0.15) is 36.1 Å². The molecule has 6 rings (SSSR count). The quantitative estimate of drug-likeness (QED) is 0.0980. The zero-order valence-electron chi connectivity index (χ0n) is 24.5. The molecule has 0 radical (unpaired) electrons. The van der Waals surface area contributed by atoms with Gasteiger partial charge in [-0.3, -0.25) is 14.5 Å². The highest BCUT2D eigenvalue weighted by Gasteiger charge is 2.48. The van der Waals surface area contributed by atoms with E-state index in [-0.39, 0.29) is 16.5 Å². The Kier molecular flexibility index (Phi) is 8.48. The molecule has 1 saturated heterocycles. The van der Waals surface area contributed by atoms with Gasteiger partial charge >= 0.3 is 5.91 Å². The smallest absolute Gasteiger partial charge is 0.301 e. The summed E-state index contributed by atoms with van der Waals surface area (Å²) in [6.07, 6.45) is 0.836. The molecule has 1 N–H and O–H groups in total. The number of Topliss-reactive ketones (excluding diaryl/α,β-unsaturated/α-hetero) is 1. The molecule has 0 bridgehead atoms. The topological polar surface area (TPSA) is 98.2 Å². The highest BCUT2D eigenvalue weighted by Crippen LogP contribution is 2.46. The van der Waals surface area contributed by atoms with E-state index in [9.17, 15) is 19.1 Å². The number of methoxy groups -OCH3 is 1. The molecule has 8 nitrogen and oxygen atoms in total. The maximum absolute atomic E-state index is 14.0. The molecule has 0 spiro atoms. The summed E-state index contributed by atoms with van der Waals surface area (Å²) in [5, 5.41) is 11.7. The third-order valence-electron chi connectivity index (χ3n) is 7.33. The second-order valence-corrected chi connectivity index (χ2v) is 11.3. The van der Waals surface area contributed by atoms with Crippen molar-refractivity contribution in [1.29, 1.82) is 0 Å². The first-order chi connectivity index (χ1) is 21.9. The van der Waals surface area contributed by atoms with Crippen LogP contribution in [0.15, 0.2) is 96.6 Å². The number of aliphatic hydroxyl groups is 1. The van der Waals surface area contributed by atoms with Crippen LogP contribution in [-0.4, -0.2) is 35.5 Å². The maximum Gasteiger partial charge on any atom is 0.301 e. The number of thiazole rings is 1. The van der Waals surface area contributed by atoms with Crippen LogP contribution >= 0.6 is 11.3 Å². The lowest BCUT2D eigenvalue weighted by atomic mass is 9.95. The Morgan fingerprint density at radius 3 is 2.47 bits per heavy atom. The first-order valence-electron chi connectivity index (χ1n) is 14.3. The van der Waals surface area contributed by atoms with Gasteiger partial charge in [0.1, 0.15) is 23.9 Å². The predicted molar refractivity (Wildman–Crippen MR) is 170 cm³/mol. The van der Waals surface area contributed by atoms with Crippen LogP contribution in [0.25, 0.3) is 16.0 Å². The average molecular weight is 625 g/mol. The van der Waals surface area contributed by atoms with E-state index >= 15 is 0 Å². The van der Waals surface area contributed by atoms with Crippen molar-refractivity contribution >= 4 is 44.1 Å². The molecule has 1 atom stereocenters. The first kappa shape index (κ1) is 29.8. The largest absolute Gasteiger partial charge is 0.507 e. The fraction of sp³-hybridized carbons (Fsp3) is 0.171. The number of hydrogen-bond acceptors (Lipinski definition) is 8. The minimum atomic E-state index is -1.07. The van der Waals surface area contributed by atoms with Crippen molar-refractivity contribution in [2.24, 2.45) is 0 Å². The van der Waals surface area contributed by atoms with E-state index in [0.717, 1.165) is 23.3 Å². The number of fused-ring (bicyclic) bond motifs is 1. The normalized spacial score (nSPS) is 15.9. The molecule has 228 valence electrons. The molecule has 45 heavy (non-hydrogen) atoms. The van der Waals surface area contributed by atoms with Crippen LogP contribution < -0.4 is 19.1 Å². The SMILES string of the molecule is CCCOc1ccc(C(O)=C2C(=O)C(=O)N(c3nc4ccc(F)cc4s3)C2c2ccc(OCc3ccccc3)c(OC)c2)cc1. The summed E-state index contributed by atoms with van der Waals surface area (Å²) in [5.41, 5.74) is 2.14. The van der Waals surface area contributed by atoms with E-state index in [4.69, 9.17) is 14.2 Å². The minimum Gasteiger partial charge on any atom is -0.507 e. The first-order valence-corrected chi connectivity index (χ1v) is 15.1. The van der Waals surface area contributed by atoms with Gasteiger partial charge in [-0.25, -0.2) is 9.37 Å². The Balaban J connectivity index is 1.45. The average Bonchev–Trinajstić information content (AvgIpc) is 3.60. The molecular weight excluding hydrogens is 595 g/mol. The van der Waals surface area contributed by atoms with Gasteiger partial charge in [0.2, 0.25) is 0 Å². The third kappa shape index (κ3) is 5.97. The number of amides is 1. The molecule has 2 heterocycles. The molecule has 1 unspecified atom stereocenters. The molecule has 1 amide bonds. The van der Waals surface area contributed by atoms with Gasteiger partial charge < -0.3 is 19.3 Å². The zero-order chi connectivity index (χ0) is 31.5. The maximum atomic E-state index is 14.0. The summed E-state index contributed by atoms with van der Waals surface area (Å²) in [5.74, 6) is -1.09. The molecular formula is C35H29FN2O6S. The second-order valence-electron chi connectivity index (χ2n) is 10.3. The number of rotatable bonds is 10. The van der Waals surface area contributed by atoms with E-state index in [2.05, 4.69) is 4.98 Å². The molecule has 4 aromatic carbocycles. The van der Waals surface area contributed by atoms with Crippen molar-refractivity contribution in [3.05, 3.63) is 119 Å². The van der Waals surface area contributed by atoms with E-state index in [1.807, 2.05) is 37.3 Å². The molecule has 1 aliphatic rings. The van der Waals surface area contributed by atoms with Gasteiger partial charge in [-0.2, -0.15) is 0 Å². The van der Waals surface area contributed by atoms with Gasteiger partial charge in [0.25, 0.3) is 5.78 Å². The molecule has 5 aromatic rings. The minimum absolute atomic E-state index is 0.118. The molecule has 1 aromatic heterocycles. The molecule has 10 heteroatoms. The highest BCUT2D eigenvalue weighted by atomic mass is 32.1. The number of aliphatic hydroxyl groups excluding tert-OH is 1. The van der Waals surface area contributed by atoms with Crippen molar-refractivity contribution in [2.45, 2.75) is 26.0 Å². The Bertz CT molecular complexity index is 1910. The molecule has 1 aliphatic heterocycles. The predicted octanol–water partition coefficient (Wildman–Crippen LogP) is 7.44. The Hall–Kier alpha value is -5.22. The number of carbonyl (C=O) groups excluding carboxylic acids is 2. The molecule has 0 aliphatic carbocycles. The summed E-state index contributed by atoms with van der Waals surface area (Å²) in [7, 11) is 1.50. The summed E-state index contributed by atoms with van der Waals surface area (Å²) in [6.45, 7) is 2.84. The van der Waals surface area contributed by atoms with Gasteiger partial charge in [0, 0.05) is 5.56 Å².